The van der Waals surface area contributed by atoms with E-state index in [1.807, 2.05) is 72.8 Å². The van der Waals surface area contributed by atoms with Crippen LogP contribution in [0.3, 0.4) is 0 Å². The van der Waals surface area contributed by atoms with Gasteiger partial charge in [0.25, 0.3) is 0 Å². The van der Waals surface area contributed by atoms with Crippen LogP contribution in [0.15, 0.2) is 121 Å². The van der Waals surface area contributed by atoms with Gasteiger partial charge in [-0.05, 0) is 0 Å². The summed E-state index contributed by atoms with van der Waals surface area (Å²) in [6.45, 7) is 0. The summed E-state index contributed by atoms with van der Waals surface area (Å²) in [4.78, 5) is 0. The van der Waals surface area contributed by atoms with E-state index in [1.165, 1.54) is 0 Å². The molecule has 0 N–H and O–H groups in total. The van der Waals surface area contributed by atoms with E-state index in [-0.39, 0.29) is 0 Å². The quantitative estimate of drug-likeness (QED) is 0.291. The van der Waals surface area contributed by atoms with Crippen LogP contribution in [0.5, 0.6) is 0 Å². The first-order valence-electron chi connectivity index (χ1n) is 11.1. The summed E-state index contributed by atoms with van der Waals surface area (Å²) in [7, 11) is 0. The van der Waals surface area contributed by atoms with Crippen molar-refractivity contribution in [3.63, 3.8) is 0 Å². The van der Waals surface area contributed by atoms with Crippen LogP contribution in [0.4, 0.5) is 0 Å². The molecule has 4 heterocycles. The number of benzene rings is 4. The van der Waals surface area contributed by atoms with Crippen molar-refractivity contribution in [3.05, 3.63) is 121 Å². The zero-order chi connectivity index (χ0) is 22.7. The van der Waals surface area contributed by atoms with E-state index in [0.717, 1.165) is 14.3 Å². The van der Waals surface area contributed by atoms with Crippen molar-refractivity contribution in [3.8, 4) is 0 Å². The van der Waals surface area contributed by atoms with Gasteiger partial charge in [-0.3, -0.25) is 0 Å². The van der Waals surface area contributed by atoms with Gasteiger partial charge in [-0.1, -0.05) is 0 Å². The Morgan fingerprint density at radius 1 is 0.265 bits per heavy atom. The van der Waals surface area contributed by atoms with Gasteiger partial charge in [-0.15, -0.1) is 0 Å². The molecular formula is C24H20O6Sn4. The predicted octanol–water partition coefficient (Wildman–Crippen LogP) is 1.51. The molecule has 0 atom stereocenters. The molecule has 4 aromatic rings. The maximum absolute atomic E-state index is 7.02. The first kappa shape index (κ1) is 23.0. The Balaban J connectivity index is 1.53. The normalized spacial score (nSPS) is 33.6. The topological polar surface area (TPSA) is 55.4 Å². The SMILES string of the molecule is c1cc[c]([Sn]23[O][Sn]4([c]5ccccc5)[O][Sn]([c]5ccccc5)([O]2)[O][Sn]([c]2ccccc2)([O]3)[O]4)cc1. The van der Waals surface area contributed by atoms with Crippen LogP contribution in [-0.4, -0.2) is 78.5 Å². The molecule has 4 saturated heterocycles. The molecule has 0 aliphatic carbocycles. The second kappa shape index (κ2) is 8.70. The average molecular weight is 879 g/mol. The molecule has 6 nitrogen and oxygen atoms in total. The fourth-order valence-electron chi connectivity index (χ4n) is 4.59. The summed E-state index contributed by atoms with van der Waals surface area (Å²) in [5, 5.41) is 0. The molecule has 0 aromatic heterocycles. The van der Waals surface area contributed by atoms with E-state index in [0.29, 0.717) is 0 Å². The summed E-state index contributed by atoms with van der Waals surface area (Å²) < 4.78 is 46.2. The molecule has 8 rings (SSSR count). The first-order valence-corrected chi connectivity index (χ1v) is 30.8. The molecule has 0 amide bonds. The Labute approximate surface area is 219 Å². The van der Waals surface area contributed by atoms with Gasteiger partial charge in [0, 0.05) is 0 Å². The zero-order valence-electron chi connectivity index (χ0n) is 18.0. The van der Waals surface area contributed by atoms with Crippen LogP contribution in [0.1, 0.15) is 0 Å². The number of rotatable bonds is 4. The Kier molecular flexibility index (Phi) is 5.88. The molecule has 4 aromatic carbocycles. The molecule has 0 saturated carbocycles. The molecule has 4 aliphatic heterocycles. The number of hydrogen-bond donors (Lipinski definition) is 0. The van der Waals surface area contributed by atoms with Crippen molar-refractivity contribution < 1.29 is 8.47 Å². The molecule has 0 spiro atoms. The Bertz CT molecular complexity index is 1080. The minimum atomic E-state index is -4.40. The van der Waals surface area contributed by atoms with E-state index >= 15 is 0 Å². The summed E-state index contributed by atoms with van der Waals surface area (Å²) in [5.74, 6) is 0. The Morgan fingerprint density at radius 3 is 0.618 bits per heavy atom. The monoisotopic (exact) mass is 884 g/mol. The third kappa shape index (κ3) is 3.59. The van der Waals surface area contributed by atoms with E-state index in [9.17, 15) is 0 Å². The van der Waals surface area contributed by atoms with Gasteiger partial charge in [-0.2, -0.15) is 0 Å². The molecule has 4 aliphatic rings. The summed E-state index contributed by atoms with van der Waals surface area (Å²) in [6, 6.07) is 40.7. The van der Waals surface area contributed by atoms with E-state index in [2.05, 4.69) is 48.5 Å². The van der Waals surface area contributed by atoms with Crippen LogP contribution in [0.2, 0.25) is 0 Å². The molecule has 0 radical (unpaired) electrons. The van der Waals surface area contributed by atoms with E-state index in [4.69, 9.17) is 8.47 Å². The molecule has 4 fully saturated rings. The third-order valence-electron chi connectivity index (χ3n) is 6.12. The molecular weight excluding hydrogens is 859 g/mol. The average Bonchev–Trinajstić information content (AvgIpc) is 2.90. The Morgan fingerprint density at radius 2 is 0.441 bits per heavy atom. The standard InChI is InChI=1S/4C6H5.6O.4Sn/c4*1-2-4-6-5-3-1;;;;;;;;;;/h4*1-5H;;;;;;;;;;. The zero-order valence-corrected chi connectivity index (χ0v) is 29.4. The van der Waals surface area contributed by atoms with Crippen molar-refractivity contribution in [1.82, 2.24) is 0 Å². The van der Waals surface area contributed by atoms with Gasteiger partial charge in [0.05, 0.1) is 0 Å². The van der Waals surface area contributed by atoms with Gasteiger partial charge < -0.3 is 0 Å². The van der Waals surface area contributed by atoms with Gasteiger partial charge >= 0.3 is 223 Å². The second-order valence-electron chi connectivity index (χ2n) is 8.30. The van der Waals surface area contributed by atoms with Crippen LogP contribution >= 0.6 is 0 Å². The van der Waals surface area contributed by atoms with E-state index < -0.39 is 78.5 Å². The van der Waals surface area contributed by atoms with Crippen LogP contribution in [0.25, 0.3) is 0 Å². The molecule has 168 valence electrons. The molecule has 10 heteroatoms. The fraction of sp³-hybridized carbons (Fsp3) is 0. The van der Waals surface area contributed by atoms with Crippen LogP contribution < -0.4 is 14.3 Å². The van der Waals surface area contributed by atoms with Gasteiger partial charge in [0.2, 0.25) is 0 Å². The van der Waals surface area contributed by atoms with Gasteiger partial charge in [-0.25, -0.2) is 0 Å². The van der Waals surface area contributed by atoms with Crippen molar-refractivity contribution in [2.45, 2.75) is 0 Å². The number of hydrogen-bond acceptors (Lipinski definition) is 6. The molecule has 34 heavy (non-hydrogen) atoms. The van der Waals surface area contributed by atoms with E-state index in [1.54, 1.807) is 0 Å². The second-order valence-corrected chi connectivity index (χ2v) is 54.5. The Hall–Kier alpha value is -0.165. The summed E-state index contributed by atoms with van der Waals surface area (Å²) >= 11 is -17.6. The van der Waals surface area contributed by atoms with Crippen molar-refractivity contribution in [1.29, 1.82) is 0 Å². The van der Waals surface area contributed by atoms with Crippen LogP contribution in [0, 0.1) is 0 Å². The van der Waals surface area contributed by atoms with Crippen molar-refractivity contribution in [2.24, 2.45) is 0 Å². The van der Waals surface area contributed by atoms with Crippen molar-refractivity contribution >= 4 is 92.8 Å². The maximum atomic E-state index is 7.02. The van der Waals surface area contributed by atoms with Crippen molar-refractivity contribution in [2.75, 3.05) is 0 Å². The van der Waals surface area contributed by atoms with Gasteiger partial charge in [0.1, 0.15) is 0 Å². The summed E-state index contributed by atoms with van der Waals surface area (Å²) in [5.41, 5.74) is 0. The van der Waals surface area contributed by atoms with Gasteiger partial charge in [0.15, 0.2) is 0 Å². The minimum absolute atomic E-state index is 1.01. The first-order chi connectivity index (χ1) is 16.7. The third-order valence-corrected chi connectivity index (χ3v) is 88.9. The predicted molar refractivity (Wildman–Crippen MR) is 134 cm³/mol. The van der Waals surface area contributed by atoms with Crippen LogP contribution in [-0.2, 0) is 8.47 Å². The fourth-order valence-corrected chi connectivity index (χ4v) is 164. The molecule has 4 bridgehead atoms. The summed E-state index contributed by atoms with van der Waals surface area (Å²) in [6.07, 6.45) is 0. The molecule has 0 unspecified atom stereocenters.